The number of rotatable bonds is 6. The lowest BCUT2D eigenvalue weighted by atomic mass is 10.4. The predicted octanol–water partition coefficient (Wildman–Crippen LogP) is 0.234. The lowest BCUT2D eigenvalue weighted by Crippen LogP contribution is -2.40. The van der Waals surface area contributed by atoms with Crippen LogP contribution in [0, 0.1) is 6.92 Å². The molecule has 1 aromatic heterocycles. The third-order valence-corrected chi connectivity index (χ3v) is 6.29. The summed E-state index contributed by atoms with van der Waals surface area (Å²) in [5.74, 6) is -0.262. The minimum absolute atomic E-state index is 0.0441. The Hall–Kier alpha value is -1.19. The van der Waals surface area contributed by atoms with Gasteiger partial charge in [-0.2, -0.15) is 4.31 Å². The van der Waals surface area contributed by atoms with Crippen LogP contribution < -0.4 is 4.87 Å². The number of aromatic amines is 1. The van der Waals surface area contributed by atoms with Gasteiger partial charge in [0.05, 0.1) is 6.54 Å². The van der Waals surface area contributed by atoms with E-state index in [1.54, 1.807) is 4.90 Å². The van der Waals surface area contributed by atoms with Gasteiger partial charge in [0.2, 0.25) is 5.91 Å². The first-order valence-corrected chi connectivity index (χ1v) is 8.43. The van der Waals surface area contributed by atoms with Crippen LogP contribution >= 0.6 is 11.3 Å². The minimum Gasteiger partial charge on any atom is -0.342 e. The van der Waals surface area contributed by atoms with Crippen LogP contribution in [0.25, 0.3) is 0 Å². The Kier molecular flexibility index (Phi) is 5.49. The molecule has 114 valence electrons. The zero-order valence-corrected chi connectivity index (χ0v) is 13.6. The number of amides is 1. The Morgan fingerprint density at radius 3 is 2.25 bits per heavy atom. The van der Waals surface area contributed by atoms with E-state index in [-0.39, 0.29) is 16.7 Å². The highest BCUT2D eigenvalue weighted by atomic mass is 32.2. The van der Waals surface area contributed by atoms with E-state index < -0.39 is 14.9 Å². The molecule has 7 nitrogen and oxygen atoms in total. The number of nitrogens with zero attached hydrogens (tertiary/aromatic N) is 2. The molecular formula is C11H19N3O4S2. The zero-order valence-electron chi connectivity index (χ0n) is 12.0. The van der Waals surface area contributed by atoms with Crippen molar-refractivity contribution in [2.24, 2.45) is 0 Å². The molecule has 0 aromatic carbocycles. The van der Waals surface area contributed by atoms with E-state index in [1.807, 2.05) is 13.8 Å². The standard InChI is InChI=1S/C11H19N3O4S2/c1-5-14(6-2)9(15)7-13(4)20(17,18)10-8(3)12-11(16)19-10/h5-7H2,1-4H3,(H,12,16). The summed E-state index contributed by atoms with van der Waals surface area (Å²) in [5.41, 5.74) is 0.294. The van der Waals surface area contributed by atoms with E-state index in [1.165, 1.54) is 14.0 Å². The fourth-order valence-corrected chi connectivity index (χ4v) is 4.34. The zero-order chi connectivity index (χ0) is 15.5. The van der Waals surface area contributed by atoms with Gasteiger partial charge < -0.3 is 9.88 Å². The van der Waals surface area contributed by atoms with Crippen LogP contribution in [0.2, 0.25) is 0 Å². The van der Waals surface area contributed by atoms with Crippen LogP contribution in [0.3, 0.4) is 0 Å². The molecule has 0 radical (unpaired) electrons. The van der Waals surface area contributed by atoms with E-state index in [0.717, 1.165) is 4.31 Å². The molecule has 1 aromatic rings. The molecule has 1 rings (SSSR count). The molecule has 1 amide bonds. The maximum Gasteiger partial charge on any atom is 0.305 e. The molecular weight excluding hydrogens is 302 g/mol. The van der Waals surface area contributed by atoms with Gasteiger partial charge in [0.1, 0.15) is 0 Å². The Balaban J connectivity index is 2.96. The first-order valence-electron chi connectivity index (χ1n) is 6.17. The monoisotopic (exact) mass is 321 g/mol. The number of thiazole rings is 1. The fourth-order valence-electron chi connectivity index (χ4n) is 1.73. The van der Waals surface area contributed by atoms with Crippen LogP contribution in [-0.4, -0.2) is 55.2 Å². The van der Waals surface area contributed by atoms with Gasteiger partial charge in [-0.15, -0.1) is 0 Å². The summed E-state index contributed by atoms with van der Waals surface area (Å²) in [5, 5.41) is 0. The summed E-state index contributed by atoms with van der Waals surface area (Å²) in [6.45, 7) is 6.00. The summed E-state index contributed by atoms with van der Waals surface area (Å²) in [6.07, 6.45) is 0. The van der Waals surface area contributed by atoms with Crippen molar-refractivity contribution < 1.29 is 13.2 Å². The van der Waals surface area contributed by atoms with E-state index >= 15 is 0 Å². The second-order valence-corrected chi connectivity index (χ2v) is 7.48. The molecule has 0 saturated carbocycles. The lowest BCUT2D eigenvalue weighted by molar-refractivity contribution is -0.130. The van der Waals surface area contributed by atoms with Gasteiger partial charge >= 0.3 is 4.87 Å². The Bertz CT molecular complexity index is 628. The van der Waals surface area contributed by atoms with Crippen molar-refractivity contribution in [3.05, 3.63) is 15.4 Å². The van der Waals surface area contributed by atoms with Gasteiger partial charge in [-0.3, -0.25) is 9.59 Å². The first kappa shape index (κ1) is 16.9. The van der Waals surface area contributed by atoms with Gasteiger partial charge in [0.25, 0.3) is 10.0 Å². The number of carbonyl (C=O) groups excluding carboxylic acids is 1. The normalized spacial score (nSPS) is 11.8. The van der Waals surface area contributed by atoms with E-state index in [0.29, 0.717) is 30.1 Å². The molecule has 0 spiro atoms. The quantitative estimate of drug-likeness (QED) is 0.812. The van der Waals surface area contributed by atoms with Crippen LogP contribution in [0.5, 0.6) is 0 Å². The molecule has 0 unspecified atom stereocenters. The minimum atomic E-state index is -3.82. The summed E-state index contributed by atoms with van der Waals surface area (Å²) < 4.78 is 25.5. The Morgan fingerprint density at radius 2 is 1.85 bits per heavy atom. The highest BCUT2D eigenvalue weighted by Gasteiger charge is 2.28. The van der Waals surface area contributed by atoms with Gasteiger partial charge in [-0.1, -0.05) is 11.3 Å². The SMILES string of the molecule is CCN(CC)C(=O)CN(C)S(=O)(=O)c1sc(=O)[nH]c1C. The number of H-pyrrole nitrogens is 1. The number of likely N-dealkylation sites (N-methyl/N-ethyl adjacent to an activating group) is 2. The molecule has 1 N–H and O–H groups in total. The molecule has 0 atom stereocenters. The third-order valence-electron chi connectivity index (χ3n) is 2.90. The second kappa shape index (κ2) is 6.51. The number of hydrogen-bond acceptors (Lipinski definition) is 5. The highest BCUT2D eigenvalue weighted by molar-refractivity contribution is 7.91. The number of nitrogens with one attached hydrogen (secondary N) is 1. The number of carbonyl (C=O) groups is 1. The van der Waals surface area contributed by atoms with Crippen LogP contribution in [-0.2, 0) is 14.8 Å². The molecule has 20 heavy (non-hydrogen) atoms. The second-order valence-electron chi connectivity index (χ2n) is 4.25. The van der Waals surface area contributed by atoms with Crippen molar-refractivity contribution in [2.45, 2.75) is 25.0 Å². The van der Waals surface area contributed by atoms with E-state index in [4.69, 9.17) is 0 Å². The number of aryl methyl sites for hydroxylation is 1. The molecule has 0 aliphatic rings. The number of hydrogen-bond donors (Lipinski definition) is 1. The smallest absolute Gasteiger partial charge is 0.305 e. The van der Waals surface area contributed by atoms with Gasteiger partial charge in [0.15, 0.2) is 4.21 Å². The molecule has 0 saturated heterocycles. The number of sulfonamides is 1. The first-order chi connectivity index (χ1) is 9.23. The van der Waals surface area contributed by atoms with Crippen LogP contribution in [0.15, 0.2) is 9.00 Å². The molecule has 0 fully saturated rings. The van der Waals surface area contributed by atoms with Crippen molar-refractivity contribution in [1.82, 2.24) is 14.2 Å². The highest BCUT2D eigenvalue weighted by Crippen LogP contribution is 2.19. The van der Waals surface area contributed by atoms with E-state index in [2.05, 4.69) is 4.98 Å². The molecule has 1 heterocycles. The fraction of sp³-hybridized carbons (Fsp3) is 0.636. The Morgan fingerprint density at radius 1 is 1.30 bits per heavy atom. The third kappa shape index (κ3) is 3.47. The van der Waals surface area contributed by atoms with Gasteiger partial charge in [-0.25, -0.2) is 8.42 Å². The van der Waals surface area contributed by atoms with Crippen molar-refractivity contribution in [3.63, 3.8) is 0 Å². The Labute approximate surface area is 122 Å². The average Bonchev–Trinajstić information content (AvgIpc) is 2.70. The summed E-state index contributed by atoms with van der Waals surface area (Å²) in [4.78, 5) is 26.7. The lowest BCUT2D eigenvalue weighted by Gasteiger charge is -2.22. The molecule has 0 bridgehead atoms. The molecule has 9 heteroatoms. The van der Waals surface area contributed by atoms with E-state index in [9.17, 15) is 18.0 Å². The van der Waals surface area contributed by atoms with Gasteiger partial charge in [-0.05, 0) is 20.8 Å². The largest absolute Gasteiger partial charge is 0.342 e. The van der Waals surface area contributed by atoms with Gasteiger partial charge in [0, 0.05) is 25.8 Å². The summed E-state index contributed by atoms with van der Waals surface area (Å²) in [7, 11) is -2.49. The van der Waals surface area contributed by atoms with Crippen LogP contribution in [0.4, 0.5) is 0 Å². The van der Waals surface area contributed by atoms with Crippen molar-refractivity contribution >= 4 is 27.3 Å². The average molecular weight is 321 g/mol. The van der Waals surface area contributed by atoms with Crippen molar-refractivity contribution in [3.8, 4) is 0 Å². The van der Waals surface area contributed by atoms with Crippen molar-refractivity contribution in [2.75, 3.05) is 26.7 Å². The topological polar surface area (TPSA) is 90.6 Å². The maximum absolute atomic E-state index is 12.3. The predicted molar refractivity (Wildman–Crippen MR) is 77.4 cm³/mol. The molecule has 0 aliphatic heterocycles. The van der Waals surface area contributed by atoms with Crippen LogP contribution in [0.1, 0.15) is 19.5 Å². The number of aromatic nitrogens is 1. The summed E-state index contributed by atoms with van der Waals surface area (Å²) in [6, 6.07) is 0. The maximum atomic E-state index is 12.3. The van der Waals surface area contributed by atoms with Crippen molar-refractivity contribution in [1.29, 1.82) is 0 Å². The summed E-state index contributed by atoms with van der Waals surface area (Å²) >= 11 is 0.631. The molecule has 0 aliphatic carbocycles.